The van der Waals surface area contributed by atoms with E-state index in [9.17, 15) is 9.18 Å². The average Bonchev–Trinajstić information content (AvgIpc) is 3.22. The summed E-state index contributed by atoms with van der Waals surface area (Å²) in [6.45, 7) is 2.13. The molecule has 5 nitrogen and oxygen atoms in total. The quantitative estimate of drug-likeness (QED) is 0.729. The molecule has 0 aliphatic rings. The van der Waals surface area contributed by atoms with Crippen LogP contribution in [0.25, 0.3) is 16.3 Å². The van der Waals surface area contributed by atoms with Gasteiger partial charge in [0.2, 0.25) is 0 Å². The minimum absolute atomic E-state index is 0.313. The van der Waals surface area contributed by atoms with Crippen molar-refractivity contribution in [2.24, 2.45) is 0 Å². The number of carbonyl (C=O) groups is 1. The topological polar surface area (TPSA) is 56.1 Å². The highest BCUT2D eigenvalue weighted by Gasteiger charge is 2.18. The number of aromatic nitrogens is 2. The number of nitrogens with zero attached hydrogens (tertiary/aromatic N) is 2. The van der Waals surface area contributed by atoms with E-state index in [4.69, 9.17) is 4.84 Å². The number of benzene rings is 1. The molecule has 0 bridgehead atoms. The minimum atomic E-state index is -0.411. The molecule has 0 radical (unpaired) electrons. The maximum atomic E-state index is 13.1. The van der Waals surface area contributed by atoms with Gasteiger partial charge in [-0.25, -0.2) is 14.6 Å². The van der Waals surface area contributed by atoms with Crippen molar-refractivity contribution in [2.45, 2.75) is 6.92 Å². The van der Waals surface area contributed by atoms with E-state index in [1.54, 1.807) is 25.1 Å². The van der Waals surface area contributed by atoms with E-state index in [1.165, 1.54) is 28.2 Å². The summed E-state index contributed by atoms with van der Waals surface area (Å²) in [5.74, 6) is -0.758. The molecule has 1 N–H and O–H groups in total. The molecule has 0 spiro atoms. The normalized spacial score (nSPS) is 10.7. The highest BCUT2D eigenvalue weighted by molar-refractivity contribution is 7.13. The maximum absolute atomic E-state index is 13.1. The molecule has 2 aromatic heterocycles. The Morgan fingerprint density at radius 2 is 2.13 bits per heavy atom. The van der Waals surface area contributed by atoms with Gasteiger partial charge in [-0.2, -0.15) is 5.10 Å². The molecule has 3 aromatic rings. The van der Waals surface area contributed by atoms with Crippen LogP contribution in [0, 0.1) is 5.82 Å². The Labute approximate surface area is 136 Å². The number of hydrogen-bond donors (Lipinski definition) is 1. The van der Waals surface area contributed by atoms with Gasteiger partial charge in [-0.3, -0.25) is 9.63 Å². The van der Waals surface area contributed by atoms with Crippen molar-refractivity contribution in [3.05, 3.63) is 59.4 Å². The van der Waals surface area contributed by atoms with Crippen LogP contribution in [0.4, 0.5) is 4.39 Å². The van der Waals surface area contributed by atoms with Crippen LogP contribution in [-0.2, 0) is 4.84 Å². The van der Waals surface area contributed by atoms with Gasteiger partial charge in [0.15, 0.2) is 0 Å². The molecule has 0 saturated carbocycles. The predicted molar refractivity (Wildman–Crippen MR) is 85.9 cm³/mol. The van der Waals surface area contributed by atoms with Crippen LogP contribution in [0.1, 0.15) is 17.4 Å². The Hall–Kier alpha value is -2.51. The monoisotopic (exact) mass is 331 g/mol. The fourth-order valence-corrected chi connectivity index (χ4v) is 2.74. The van der Waals surface area contributed by atoms with E-state index in [2.05, 4.69) is 10.6 Å². The van der Waals surface area contributed by atoms with Gasteiger partial charge < -0.3 is 0 Å². The maximum Gasteiger partial charge on any atom is 0.293 e. The van der Waals surface area contributed by atoms with E-state index in [0.717, 1.165) is 4.88 Å². The fourth-order valence-electron chi connectivity index (χ4n) is 2.06. The van der Waals surface area contributed by atoms with Crippen LogP contribution in [-0.4, -0.2) is 22.3 Å². The van der Waals surface area contributed by atoms with Crippen molar-refractivity contribution in [3.8, 4) is 16.3 Å². The van der Waals surface area contributed by atoms with Crippen molar-refractivity contribution < 1.29 is 14.0 Å². The van der Waals surface area contributed by atoms with E-state index in [1.807, 2.05) is 17.5 Å². The number of halogens is 1. The van der Waals surface area contributed by atoms with Crippen LogP contribution >= 0.6 is 11.3 Å². The lowest BCUT2D eigenvalue weighted by molar-refractivity contribution is 0.0357. The summed E-state index contributed by atoms with van der Waals surface area (Å²) in [7, 11) is 0. The van der Waals surface area contributed by atoms with Gasteiger partial charge in [-0.1, -0.05) is 6.07 Å². The number of hydrogen-bond acceptors (Lipinski definition) is 4. The molecule has 0 atom stereocenters. The van der Waals surface area contributed by atoms with Crippen LogP contribution in [0.5, 0.6) is 0 Å². The molecule has 0 aliphatic heterocycles. The van der Waals surface area contributed by atoms with Gasteiger partial charge in [0.1, 0.15) is 17.2 Å². The van der Waals surface area contributed by atoms with Crippen LogP contribution in [0.15, 0.2) is 47.8 Å². The zero-order valence-electron chi connectivity index (χ0n) is 12.3. The molecule has 3 rings (SSSR count). The first-order chi connectivity index (χ1) is 11.2. The zero-order valence-corrected chi connectivity index (χ0v) is 13.1. The third-order valence-corrected chi connectivity index (χ3v) is 3.99. The fraction of sp³-hybridized carbons (Fsp3) is 0.125. The third kappa shape index (κ3) is 3.30. The SMILES string of the molecule is CCONC(=O)c1cc(-c2cccs2)nn1-c1ccc(F)cc1. The predicted octanol–water partition coefficient (Wildman–Crippen LogP) is 3.42. The van der Waals surface area contributed by atoms with Crippen molar-refractivity contribution >= 4 is 17.2 Å². The second-order valence-electron chi connectivity index (χ2n) is 4.64. The number of rotatable bonds is 5. The van der Waals surface area contributed by atoms with Crippen LogP contribution in [0.2, 0.25) is 0 Å². The molecule has 1 aromatic carbocycles. The lowest BCUT2D eigenvalue weighted by Gasteiger charge is -2.07. The zero-order chi connectivity index (χ0) is 16.2. The standard InChI is InChI=1S/C16H14FN3O2S/c1-2-22-19-16(21)14-10-13(15-4-3-9-23-15)18-20(14)12-7-5-11(17)6-8-12/h3-10H,2H2,1H3,(H,19,21). The summed E-state index contributed by atoms with van der Waals surface area (Å²) >= 11 is 1.53. The highest BCUT2D eigenvalue weighted by atomic mass is 32.1. The van der Waals surface area contributed by atoms with Gasteiger partial charge in [-0.05, 0) is 48.7 Å². The Bertz CT molecular complexity index is 797. The summed E-state index contributed by atoms with van der Waals surface area (Å²) in [4.78, 5) is 18.2. The molecule has 0 aliphatic carbocycles. The van der Waals surface area contributed by atoms with Crippen molar-refractivity contribution in [1.82, 2.24) is 15.3 Å². The van der Waals surface area contributed by atoms with E-state index in [0.29, 0.717) is 23.7 Å². The Morgan fingerprint density at radius 1 is 1.35 bits per heavy atom. The molecule has 23 heavy (non-hydrogen) atoms. The van der Waals surface area contributed by atoms with Crippen molar-refractivity contribution in [1.29, 1.82) is 0 Å². The second-order valence-corrected chi connectivity index (χ2v) is 5.59. The number of amides is 1. The van der Waals surface area contributed by atoms with Gasteiger partial charge in [-0.15, -0.1) is 11.3 Å². The van der Waals surface area contributed by atoms with E-state index >= 15 is 0 Å². The number of carbonyl (C=O) groups excluding carboxylic acids is 1. The minimum Gasteiger partial charge on any atom is -0.274 e. The first-order valence-electron chi connectivity index (χ1n) is 7.01. The number of thiophene rings is 1. The van der Waals surface area contributed by atoms with E-state index < -0.39 is 5.91 Å². The lowest BCUT2D eigenvalue weighted by atomic mass is 10.3. The molecule has 0 saturated heterocycles. The largest absolute Gasteiger partial charge is 0.293 e. The molecule has 2 heterocycles. The Balaban J connectivity index is 2.04. The summed E-state index contributed by atoms with van der Waals surface area (Å²) < 4.78 is 14.6. The second kappa shape index (κ2) is 6.72. The summed E-state index contributed by atoms with van der Waals surface area (Å²) in [5.41, 5.74) is 3.94. The third-order valence-electron chi connectivity index (χ3n) is 3.10. The van der Waals surface area contributed by atoms with Crippen molar-refractivity contribution in [2.75, 3.05) is 6.61 Å². The van der Waals surface area contributed by atoms with Crippen LogP contribution < -0.4 is 5.48 Å². The summed E-state index contributed by atoms with van der Waals surface area (Å²) in [6.07, 6.45) is 0. The highest BCUT2D eigenvalue weighted by Crippen LogP contribution is 2.25. The molecule has 118 valence electrons. The first-order valence-corrected chi connectivity index (χ1v) is 7.89. The van der Waals surface area contributed by atoms with Gasteiger partial charge in [0, 0.05) is 0 Å². The summed E-state index contributed by atoms with van der Waals surface area (Å²) in [6, 6.07) is 11.3. The molecular weight excluding hydrogens is 317 g/mol. The van der Waals surface area contributed by atoms with Gasteiger partial charge in [0.05, 0.1) is 17.2 Å². The Morgan fingerprint density at radius 3 is 2.78 bits per heavy atom. The number of nitrogens with one attached hydrogen (secondary N) is 1. The van der Waals surface area contributed by atoms with E-state index in [-0.39, 0.29) is 5.82 Å². The molecule has 0 unspecified atom stereocenters. The average molecular weight is 331 g/mol. The van der Waals surface area contributed by atoms with Gasteiger partial charge >= 0.3 is 0 Å². The first kappa shape index (κ1) is 15.4. The summed E-state index contributed by atoms with van der Waals surface area (Å²) in [5, 5.41) is 6.41. The van der Waals surface area contributed by atoms with Gasteiger partial charge in [0.25, 0.3) is 5.91 Å². The lowest BCUT2D eigenvalue weighted by Crippen LogP contribution is -2.26. The van der Waals surface area contributed by atoms with Crippen molar-refractivity contribution in [3.63, 3.8) is 0 Å². The molecule has 1 amide bonds. The molecule has 0 fully saturated rings. The molecule has 7 heteroatoms. The Kier molecular flexibility index (Phi) is 4.50. The smallest absolute Gasteiger partial charge is 0.274 e. The number of hydroxylamine groups is 1. The molecular formula is C16H14FN3O2S. The van der Waals surface area contributed by atoms with Crippen LogP contribution in [0.3, 0.4) is 0 Å².